The lowest BCUT2D eigenvalue weighted by Crippen LogP contribution is -2.22. The molecule has 0 unspecified atom stereocenters. The molecule has 0 amide bonds. The van der Waals surface area contributed by atoms with Gasteiger partial charge in [-0.05, 0) is 44.1 Å². The van der Waals surface area contributed by atoms with Gasteiger partial charge in [0.2, 0.25) is 0 Å². The maximum atomic E-state index is 10.4. The molecule has 0 aromatic rings. The molecule has 0 aliphatic heterocycles. The normalized spacial score (nSPS) is 27.8. The molecule has 0 aromatic heterocycles. The summed E-state index contributed by atoms with van der Waals surface area (Å²) < 4.78 is 0. The highest BCUT2D eigenvalue weighted by Gasteiger charge is 2.21. The highest BCUT2D eigenvalue weighted by molar-refractivity contribution is 5.85. The Bertz CT molecular complexity index is 156. The Morgan fingerprint density at radius 2 is 1.69 bits per heavy atom. The van der Waals surface area contributed by atoms with E-state index in [0.29, 0.717) is 18.3 Å². The summed E-state index contributed by atoms with van der Waals surface area (Å²) in [7, 11) is 0. The van der Waals surface area contributed by atoms with Crippen LogP contribution < -0.4 is 5.73 Å². The largest absolute Gasteiger partial charge is 0.481 e. The van der Waals surface area contributed by atoms with Crippen LogP contribution in [-0.2, 0) is 4.79 Å². The minimum absolute atomic E-state index is 0. The third-order valence-electron chi connectivity index (χ3n) is 2.76. The zero-order valence-electron chi connectivity index (χ0n) is 7.74. The van der Waals surface area contributed by atoms with Gasteiger partial charge in [-0.1, -0.05) is 0 Å². The van der Waals surface area contributed by atoms with Crippen LogP contribution >= 0.6 is 12.4 Å². The number of aliphatic carboxylic acids is 1. The summed E-state index contributed by atoms with van der Waals surface area (Å²) in [6.45, 7) is 0.764. The molecule has 3 nitrogen and oxygen atoms in total. The van der Waals surface area contributed by atoms with Crippen molar-refractivity contribution < 1.29 is 9.90 Å². The molecule has 0 saturated heterocycles. The molecule has 1 fully saturated rings. The fourth-order valence-electron chi connectivity index (χ4n) is 1.92. The Labute approximate surface area is 85.1 Å². The van der Waals surface area contributed by atoms with E-state index >= 15 is 0 Å². The molecule has 0 radical (unpaired) electrons. The van der Waals surface area contributed by atoms with Gasteiger partial charge in [0, 0.05) is 6.42 Å². The average Bonchev–Trinajstić information content (AvgIpc) is 2.05. The first kappa shape index (κ1) is 12.7. The molecule has 0 heterocycles. The second kappa shape index (κ2) is 6.22. The summed E-state index contributed by atoms with van der Waals surface area (Å²) in [6.07, 6.45) is 4.68. The second-order valence-corrected chi connectivity index (χ2v) is 3.72. The van der Waals surface area contributed by atoms with E-state index in [1.54, 1.807) is 0 Å². The summed E-state index contributed by atoms with van der Waals surface area (Å²) in [5.74, 6) is 0.395. The molecular weight excluding hydrogens is 190 g/mol. The molecular formula is C9H18ClNO2. The predicted octanol–water partition coefficient (Wildman–Crippen LogP) is 1.65. The topological polar surface area (TPSA) is 63.3 Å². The Hall–Kier alpha value is -0.280. The van der Waals surface area contributed by atoms with Gasteiger partial charge in [0.1, 0.15) is 0 Å². The van der Waals surface area contributed by atoms with E-state index in [4.69, 9.17) is 10.8 Å². The highest BCUT2D eigenvalue weighted by atomic mass is 35.5. The SMILES string of the molecule is Cl.NCC1CCC(CC(=O)O)CC1. The van der Waals surface area contributed by atoms with Crippen molar-refractivity contribution in [1.29, 1.82) is 0 Å². The van der Waals surface area contributed by atoms with Crippen molar-refractivity contribution in [3.05, 3.63) is 0 Å². The van der Waals surface area contributed by atoms with Crippen molar-refractivity contribution in [3.8, 4) is 0 Å². The minimum Gasteiger partial charge on any atom is -0.481 e. The van der Waals surface area contributed by atoms with Crippen molar-refractivity contribution in [2.24, 2.45) is 17.6 Å². The Kier molecular flexibility index (Phi) is 6.08. The molecule has 3 N–H and O–H groups in total. The maximum Gasteiger partial charge on any atom is 0.303 e. The summed E-state index contributed by atoms with van der Waals surface area (Å²) in [5.41, 5.74) is 5.53. The molecule has 0 bridgehead atoms. The zero-order chi connectivity index (χ0) is 8.97. The first-order valence-electron chi connectivity index (χ1n) is 4.64. The van der Waals surface area contributed by atoms with Gasteiger partial charge in [-0.3, -0.25) is 4.79 Å². The van der Waals surface area contributed by atoms with E-state index < -0.39 is 5.97 Å². The first-order valence-corrected chi connectivity index (χ1v) is 4.64. The Morgan fingerprint density at radius 3 is 2.08 bits per heavy atom. The number of nitrogens with two attached hydrogens (primary N) is 1. The van der Waals surface area contributed by atoms with Crippen molar-refractivity contribution >= 4 is 18.4 Å². The van der Waals surface area contributed by atoms with Gasteiger partial charge in [0.05, 0.1) is 0 Å². The fraction of sp³-hybridized carbons (Fsp3) is 0.889. The second-order valence-electron chi connectivity index (χ2n) is 3.72. The Morgan fingerprint density at radius 1 is 1.23 bits per heavy atom. The van der Waals surface area contributed by atoms with Crippen LogP contribution in [0.5, 0.6) is 0 Å². The number of halogens is 1. The maximum absolute atomic E-state index is 10.4. The van der Waals surface area contributed by atoms with E-state index in [1.807, 2.05) is 0 Å². The average molecular weight is 208 g/mol. The zero-order valence-corrected chi connectivity index (χ0v) is 8.55. The van der Waals surface area contributed by atoms with Crippen LogP contribution in [0.1, 0.15) is 32.1 Å². The first-order chi connectivity index (χ1) is 5.72. The van der Waals surface area contributed by atoms with Gasteiger partial charge in [-0.15, -0.1) is 12.4 Å². The summed E-state index contributed by atoms with van der Waals surface area (Å²) >= 11 is 0. The third-order valence-corrected chi connectivity index (χ3v) is 2.76. The van der Waals surface area contributed by atoms with Crippen LogP contribution in [0.3, 0.4) is 0 Å². The molecule has 0 aromatic carbocycles. The van der Waals surface area contributed by atoms with Crippen molar-refractivity contribution in [2.45, 2.75) is 32.1 Å². The number of carbonyl (C=O) groups is 1. The number of hydrogen-bond acceptors (Lipinski definition) is 2. The number of hydrogen-bond donors (Lipinski definition) is 2. The Balaban J connectivity index is 0.00000144. The summed E-state index contributed by atoms with van der Waals surface area (Å²) in [5, 5.41) is 8.56. The van der Waals surface area contributed by atoms with Crippen LogP contribution in [0.2, 0.25) is 0 Å². The number of carboxylic acids is 1. The molecule has 1 rings (SSSR count). The fourth-order valence-corrected chi connectivity index (χ4v) is 1.92. The molecule has 1 aliphatic carbocycles. The van der Waals surface area contributed by atoms with E-state index in [1.165, 1.54) is 0 Å². The highest BCUT2D eigenvalue weighted by Crippen LogP contribution is 2.29. The molecule has 1 aliphatic rings. The van der Waals surface area contributed by atoms with Crippen LogP contribution in [0.25, 0.3) is 0 Å². The van der Waals surface area contributed by atoms with Gasteiger partial charge in [-0.25, -0.2) is 0 Å². The molecule has 1 saturated carbocycles. The van der Waals surface area contributed by atoms with E-state index in [2.05, 4.69) is 0 Å². The molecule has 4 heteroatoms. The standard InChI is InChI=1S/C9H17NO2.ClH/c10-6-8-3-1-7(2-4-8)5-9(11)12;/h7-8H,1-6,10H2,(H,11,12);1H. The van der Waals surface area contributed by atoms with Crippen LogP contribution in [0.4, 0.5) is 0 Å². The molecule has 13 heavy (non-hydrogen) atoms. The van der Waals surface area contributed by atoms with Gasteiger partial charge in [-0.2, -0.15) is 0 Å². The predicted molar refractivity (Wildman–Crippen MR) is 54.0 cm³/mol. The monoisotopic (exact) mass is 207 g/mol. The molecule has 0 atom stereocenters. The van der Waals surface area contributed by atoms with Gasteiger partial charge in [0.25, 0.3) is 0 Å². The quantitative estimate of drug-likeness (QED) is 0.740. The van der Waals surface area contributed by atoms with Gasteiger partial charge in [0.15, 0.2) is 0 Å². The van der Waals surface area contributed by atoms with E-state index in [-0.39, 0.29) is 12.4 Å². The van der Waals surface area contributed by atoms with Crippen LogP contribution in [0, 0.1) is 11.8 Å². The van der Waals surface area contributed by atoms with Crippen molar-refractivity contribution in [3.63, 3.8) is 0 Å². The van der Waals surface area contributed by atoms with Gasteiger partial charge >= 0.3 is 5.97 Å². The lowest BCUT2D eigenvalue weighted by atomic mass is 9.81. The lowest BCUT2D eigenvalue weighted by molar-refractivity contribution is -0.138. The molecule has 0 spiro atoms. The number of rotatable bonds is 3. The number of carboxylic acid groups (broad SMARTS) is 1. The van der Waals surface area contributed by atoms with Crippen molar-refractivity contribution in [2.75, 3.05) is 6.54 Å². The van der Waals surface area contributed by atoms with Gasteiger partial charge < -0.3 is 10.8 Å². The smallest absolute Gasteiger partial charge is 0.303 e. The third kappa shape index (κ3) is 4.48. The lowest BCUT2D eigenvalue weighted by Gasteiger charge is -2.26. The van der Waals surface area contributed by atoms with Crippen molar-refractivity contribution in [1.82, 2.24) is 0 Å². The van der Waals surface area contributed by atoms with Crippen LogP contribution in [0.15, 0.2) is 0 Å². The van der Waals surface area contributed by atoms with Crippen LogP contribution in [-0.4, -0.2) is 17.6 Å². The minimum atomic E-state index is -0.661. The molecule has 78 valence electrons. The van der Waals surface area contributed by atoms with E-state index in [0.717, 1.165) is 32.2 Å². The summed E-state index contributed by atoms with van der Waals surface area (Å²) in [4.78, 5) is 10.4. The summed E-state index contributed by atoms with van der Waals surface area (Å²) in [6, 6.07) is 0. The van der Waals surface area contributed by atoms with E-state index in [9.17, 15) is 4.79 Å².